The number of halogens is 2. The second-order valence-electron chi connectivity index (χ2n) is 17.0. The molecule has 0 bridgehead atoms. The van der Waals surface area contributed by atoms with Gasteiger partial charge < -0.3 is 24.0 Å². The van der Waals surface area contributed by atoms with E-state index in [1.807, 2.05) is 30.3 Å². The van der Waals surface area contributed by atoms with Crippen LogP contribution in [0.25, 0.3) is 0 Å². The summed E-state index contributed by atoms with van der Waals surface area (Å²) < 4.78 is 45.0. The van der Waals surface area contributed by atoms with Crippen LogP contribution >= 0.6 is 0 Å². The Labute approximate surface area is 345 Å². The van der Waals surface area contributed by atoms with Gasteiger partial charge in [-0.1, -0.05) is 64.1 Å². The van der Waals surface area contributed by atoms with Crippen LogP contribution < -0.4 is 14.5 Å². The molecule has 1 amide bonds. The molecule has 4 aromatic carbocycles. The lowest BCUT2D eigenvalue weighted by Gasteiger charge is -2.37. The zero-order valence-electron chi connectivity index (χ0n) is 34.9. The fraction of sp³-hybridized carbons (Fsp3) is 0.362. The Morgan fingerprint density at radius 3 is 2.12 bits per heavy atom. The van der Waals surface area contributed by atoms with E-state index >= 15 is 0 Å². The lowest BCUT2D eigenvalue weighted by molar-refractivity contribution is 0.0932. The first-order valence-electron chi connectivity index (χ1n) is 20.0. The molecule has 3 aliphatic rings. The Morgan fingerprint density at radius 1 is 0.881 bits per heavy atom. The molecule has 0 aliphatic heterocycles. The van der Waals surface area contributed by atoms with Crippen LogP contribution in [0.1, 0.15) is 130 Å². The van der Waals surface area contributed by atoms with Crippen molar-refractivity contribution in [2.75, 3.05) is 0 Å². The Bertz CT molecular complexity index is 2380. The van der Waals surface area contributed by atoms with Crippen molar-refractivity contribution in [3.05, 3.63) is 135 Å². The number of carbonyl (C=O) groups is 3. The summed E-state index contributed by atoms with van der Waals surface area (Å²) in [5.74, 6) is 0.896. The number of phenolic OH excluding ortho intramolecular Hbond substituents is 1. The average Bonchev–Trinajstić information content (AvgIpc) is 3.99. The number of amides is 1. The third-order valence-electron chi connectivity index (χ3n) is 11.9. The zero-order chi connectivity index (χ0) is 42.8. The summed E-state index contributed by atoms with van der Waals surface area (Å²) >= 11 is 0. The van der Waals surface area contributed by atoms with Crippen molar-refractivity contribution in [1.29, 1.82) is 0 Å². The predicted molar refractivity (Wildman–Crippen MR) is 224 cm³/mol. The van der Waals surface area contributed by atoms with Crippen molar-refractivity contribution in [2.45, 2.75) is 110 Å². The van der Waals surface area contributed by atoms with E-state index in [4.69, 9.17) is 13.6 Å². The largest absolute Gasteiger partial charge is 0.543 e. The number of oxazole rings is 1. The van der Waals surface area contributed by atoms with Crippen LogP contribution in [0, 0.1) is 18.6 Å². The molecule has 8 rings (SSSR count). The van der Waals surface area contributed by atoms with Gasteiger partial charge in [0.25, 0.3) is 5.91 Å². The number of fused-ring (bicyclic) bond motifs is 3. The number of ether oxygens (including phenoxy) is 1. The number of ketones is 2. The summed E-state index contributed by atoms with van der Waals surface area (Å²) in [6.07, 6.45) is 5.85. The van der Waals surface area contributed by atoms with Gasteiger partial charge in [-0.2, -0.15) is 4.98 Å². The standard InChI is InChI=1S/C23H22F2N2O3.C15H22O2Si.C9H8O2/c1-12-7-8-17-16(12)5-4-6-21(17)30-23-27-20(11-29-23)22(28)26-14(3)15-9-18(24)13(2)19(25)10-15;1-15(2,3)18(4,5)17-14-8-6-7-11-12(14)9-10-13(11)16;10-8-3-1-2-6-7(8)4-5-9(6)11/h4-6,9-12,14H,7-8H2,1-3H3,(H,26,28);6-8H,9-10H2,1-5H3;1-3,10H,4-5H2/t12?,14-;;/m1../s1. The van der Waals surface area contributed by atoms with Gasteiger partial charge in [-0.3, -0.25) is 14.4 Å². The lowest BCUT2D eigenvalue weighted by Crippen LogP contribution is -2.44. The Morgan fingerprint density at radius 2 is 1.47 bits per heavy atom. The molecule has 12 heteroatoms. The van der Waals surface area contributed by atoms with Crippen molar-refractivity contribution in [2.24, 2.45) is 0 Å². The van der Waals surface area contributed by atoms with Gasteiger partial charge in [-0.25, -0.2) is 8.78 Å². The first kappa shape index (κ1) is 43.0. The SMILES string of the molecule is CC(C)(C)[Si](C)(C)Oc1cccc2c1CCC2=O.Cc1c(F)cc([C@@H](C)NC(=O)c2coc(Oc3cccc4c3CCC4C)n2)cc1F.O=C1CCc2c(O)cccc21. The number of aromatic hydroxyl groups is 1. The summed E-state index contributed by atoms with van der Waals surface area (Å²) in [6.45, 7) is 16.3. The van der Waals surface area contributed by atoms with E-state index in [0.29, 0.717) is 42.1 Å². The quantitative estimate of drug-likeness (QED) is 0.155. The second-order valence-corrected chi connectivity index (χ2v) is 21.7. The highest BCUT2D eigenvalue weighted by Gasteiger charge is 2.40. The fourth-order valence-corrected chi connectivity index (χ4v) is 8.20. The number of rotatable bonds is 7. The number of phenols is 1. The van der Waals surface area contributed by atoms with E-state index in [1.165, 1.54) is 30.9 Å². The lowest BCUT2D eigenvalue weighted by atomic mass is 10.0. The first-order valence-corrected chi connectivity index (χ1v) is 22.9. The molecule has 0 saturated carbocycles. The molecule has 9 nitrogen and oxygen atoms in total. The number of nitrogens with zero attached hydrogens (tertiary/aromatic N) is 1. The zero-order valence-corrected chi connectivity index (χ0v) is 35.9. The molecule has 2 atom stereocenters. The van der Waals surface area contributed by atoms with Crippen LogP contribution in [0.3, 0.4) is 0 Å². The molecule has 59 heavy (non-hydrogen) atoms. The van der Waals surface area contributed by atoms with Crippen LogP contribution in [0.4, 0.5) is 8.78 Å². The number of hydrogen-bond acceptors (Lipinski definition) is 8. The Kier molecular flexibility index (Phi) is 12.6. The molecular weight excluding hydrogens is 771 g/mol. The van der Waals surface area contributed by atoms with Gasteiger partial charge in [0, 0.05) is 40.7 Å². The van der Waals surface area contributed by atoms with Gasteiger partial charge in [0.2, 0.25) is 8.32 Å². The third kappa shape index (κ3) is 9.49. The summed E-state index contributed by atoms with van der Waals surface area (Å²) in [5, 5.41) is 12.1. The average molecular weight is 823 g/mol. The summed E-state index contributed by atoms with van der Waals surface area (Å²) in [5.41, 5.74) is 6.16. The maximum Gasteiger partial charge on any atom is 0.399 e. The number of carbonyl (C=O) groups excluding carboxylic acids is 3. The van der Waals surface area contributed by atoms with Gasteiger partial charge in [-0.15, -0.1) is 0 Å². The molecule has 3 aliphatic carbocycles. The molecule has 1 heterocycles. The van der Waals surface area contributed by atoms with E-state index in [2.05, 4.69) is 57.2 Å². The second kappa shape index (κ2) is 17.3. The van der Waals surface area contributed by atoms with E-state index < -0.39 is 31.9 Å². The van der Waals surface area contributed by atoms with Crippen molar-refractivity contribution in [3.8, 4) is 23.3 Å². The van der Waals surface area contributed by atoms with Gasteiger partial charge >= 0.3 is 6.08 Å². The molecular formula is C47H52F2N2O7Si. The smallest absolute Gasteiger partial charge is 0.399 e. The summed E-state index contributed by atoms with van der Waals surface area (Å²) in [6, 6.07) is 18.6. The van der Waals surface area contributed by atoms with Crippen LogP contribution in [0.2, 0.25) is 18.1 Å². The molecule has 2 N–H and O–H groups in total. The highest BCUT2D eigenvalue weighted by atomic mass is 28.4. The fourth-order valence-electron chi connectivity index (χ4n) is 7.15. The Balaban J connectivity index is 0.000000169. The highest BCUT2D eigenvalue weighted by molar-refractivity contribution is 6.74. The molecule has 310 valence electrons. The first-order chi connectivity index (χ1) is 27.8. The minimum absolute atomic E-state index is 0.0193. The monoisotopic (exact) mass is 822 g/mol. The van der Waals surface area contributed by atoms with Gasteiger partial charge in [0.15, 0.2) is 17.3 Å². The van der Waals surface area contributed by atoms with Crippen LogP contribution in [-0.2, 0) is 19.3 Å². The van der Waals surface area contributed by atoms with Crippen LogP contribution in [-0.4, -0.2) is 35.9 Å². The van der Waals surface area contributed by atoms with Crippen LogP contribution in [0.15, 0.2) is 77.4 Å². The van der Waals surface area contributed by atoms with Crippen LogP contribution in [0.5, 0.6) is 23.3 Å². The van der Waals surface area contributed by atoms with Crippen molar-refractivity contribution in [1.82, 2.24) is 10.3 Å². The molecule has 0 spiro atoms. The number of benzene rings is 4. The molecule has 1 aromatic heterocycles. The normalized spacial score (nSPS) is 15.9. The number of nitrogens with one attached hydrogen (secondary N) is 1. The van der Waals surface area contributed by atoms with Gasteiger partial charge in [0.1, 0.15) is 35.1 Å². The highest BCUT2D eigenvalue weighted by Crippen LogP contribution is 2.41. The molecule has 0 fully saturated rings. The topological polar surface area (TPSA) is 128 Å². The number of aromatic nitrogens is 1. The van der Waals surface area contributed by atoms with E-state index in [1.54, 1.807) is 25.1 Å². The van der Waals surface area contributed by atoms with E-state index in [0.717, 1.165) is 47.3 Å². The molecule has 1 unspecified atom stereocenters. The summed E-state index contributed by atoms with van der Waals surface area (Å²) in [4.78, 5) is 39.4. The minimum atomic E-state index is -1.82. The molecule has 5 aromatic rings. The molecule has 0 saturated heterocycles. The van der Waals surface area contributed by atoms with Gasteiger partial charge in [0.05, 0.1) is 6.04 Å². The van der Waals surface area contributed by atoms with Crippen molar-refractivity contribution < 1.29 is 41.9 Å². The van der Waals surface area contributed by atoms with Crippen molar-refractivity contribution >= 4 is 25.8 Å². The maximum absolute atomic E-state index is 13.8. The van der Waals surface area contributed by atoms with E-state index in [9.17, 15) is 28.3 Å². The van der Waals surface area contributed by atoms with Gasteiger partial charge in [-0.05, 0) is 111 Å². The third-order valence-corrected chi connectivity index (χ3v) is 16.2. The summed E-state index contributed by atoms with van der Waals surface area (Å²) in [7, 11) is -1.82. The van der Waals surface area contributed by atoms with Crippen molar-refractivity contribution in [3.63, 3.8) is 0 Å². The number of hydrogen-bond donors (Lipinski definition) is 2. The predicted octanol–water partition coefficient (Wildman–Crippen LogP) is 11.3. The number of Topliss-reactive ketones (excluding diaryl/α,β-unsaturated/α-hetero) is 2. The maximum atomic E-state index is 13.8. The Hall–Kier alpha value is -5.62. The van der Waals surface area contributed by atoms with E-state index in [-0.39, 0.29) is 39.7 Å². The minimum Gasteiger partial charge on any atom is -0.543 e. The molecule has 0 radical (unpaired) electrons.